The number of alkyl halides is 3. The molecule has 0 saturated heterocycles. The van der Waals surface area contributed by atoms with Crippen molar-refractivity contribution in [1.82, 2.24) is 15.1 Å². The molecule has 4 nitrogen and oxygen atoms in total. The number of rotatable bonds is 4. The summed E-state index contributed by atoms with van der Waals surface area (Å²) in [6.45, 7) is 4.21. The van der Waals surface area contributed by atoms with Gasteiger partial charge in [0.15, 0.2) is 5.69 Å². The Hall–Kier alpha value is -2.31. The molecule has 124 valence electrons. The van der Waals surface area contributed by atoms with Gasteiger partial charge in [0.2, 0.25) is 0 Å². The summed E-state index contributed by atoms with van der Waals surface area (Å²) in [6.07, 6.45) is -3.02. The zero-order valence-electron chi connectivity index (χ0n) is 13.2. The first kappa shape index (κ1) is 17.1. The van der Waals surface area contributed by atoms with Gasteiger partial charge in [-0.25, -0.2) is 0 Å². The van der Waals surface area contributed by atoms with Crippen molar-refractivity contribution in [2.45, 2.75) is 26.4 Å². The van der Waals surface area contributed by atoms with Gasteiger partial charge in [-0.3, -0.25) is 9.48 Å². The predicted molar refractivity (Wildman–Crippen MR) is 80.2 cm³/mol. The Labute approximate surface area is 132 Å². The third-order valence-corrected chi connectivity index (χ3v) is 3.52. The normalized spacial score (nSPS) is 11.6. The first-order valence-electron chi connectivity index (χ1n) is 7.13. The van der Waals surface area contributed by atoms with Crippen LogP contribution in [0.3, 0.4) is 0 Å². The number of carbonyl (C=O) groups is 1. The van der Waals surface area contributed by atoms with E-state index in [1.807, 2.05) is 32.0 Å². The number of nitrogens with one attached hydrogen (secondary N) is 1. The second kappa shape index (κ2) is 6.44. The lowest BCUT2D eigenvalue weighted by Crippen LogP contribution is -2.27. The van der Waals surface area contributed by atoms with E-state index in [1.54, 1.807) is 0 Å². The van der Waals surface area contributed by atoms with Gasteiger partial charge in [0.1, 0.15) is 0 Å². The Morgan fingerprint density at radius 2 is 2.00 bits per heavy atom. The lowest BCUT2D eigenvalue weighted by atomic mass is 10.0. The van der Waals surface area contributed by atoms with Crippen LogP contribution in [-0.2, 0) is 19.6 Å². The number of benzene rings is 1. The van der Waals surface area contributed by atoms with Crippen LogP contribution in [0.4, 0.5) is 13.2 Å². The van der Waals surface area contributed by atoms with E-state index < -0.39 is 23.3 Å². The molecule has 0 radical (unpaired) electrons. The van der Waals surface area contributed by atoms with Gasteiger partial charge in [-0.1, -0.05) is 23.8 Å². The maximum atomic E-state index is 12.8. The average Bonchev–Trinajstić information content (AvgIpc) is 2.83. The quantitative estimate of drug-likeness (QED) is 0.939. The third kappa shape index (κ3) is 4.12. The van der Waals surface area contributed by atoms with Crippen LogP contribution in [0, 0.1) is 13.8 Å². The number of hydrogen-bond acceptors (Lipinski definition) is 2. The number of aryl methyl sites for hydroxylation is 3. The van der Waals surface area contributed by atoms with Gasteiger partial charge in [-0.15, -0.1) is 0 Å². The second-order valence-electron chi connectivity index (χ2n) is 5.50. The van der Waals surface area contributed by atoms with Gasteiger partial charge in [0.25, 0.3) is 5.91 Å². The van der Waals surface area contributed by atoms with Crippen molar-refractivity contribution in [3.63, 3.8) is 0 Å². The standard InChI is InChI=1S/C16H18F3N3O/c1-10-4-5-12(11(2)8-10)6-7-20-15(23)13-9-22(3)21-14(13)16(17,18)19/h4-5,8-9H,6-7H2,1-3H3,(H,20,23). The molecular weight excluding hydrogens is 307 g/mol. The Balaban J connectivity index is 2.03. The number of amides is 1. The summed E-state index contributed by atoms with van der Waals surface area (Å²) in [5, 5.41) is 5.85. The molecule has 23 heavy (non-hydrogen) atoms. The maximum absolute atomic E-state index is 12.8. The predicted octanol–water partition coefficient (Wildman–Crippen LogP) is 3.03. The summed E-state index contributed by atoms with van der Waals surface area (Å²) < 4.78 is 39.5. The molecule has 1 heterocycles. The van der Waals surface area contributed by atoms with Crippen molar-refractivity contribution in [1.29, 1.82) is 0 Å². The fourth-order valence-corrected chi connectivity index (χ4v) is 2.40. The second-order valence-corrected chi connectivity index (χ2v) is 5.50. The summed E-state index contributed by atoms with van der Waals surface area (Å²) in [6, 6.07) is 5.95. The average molecular weight is 325 g/mol. The van der Waals surface area contributed by atoms with E-state index in [4.69, 9.17) is 0 Å². The number of nitrogens with zero attached hydrogens (tertiary/aromatic N) is 2. The van der Waals surface area contributed by atoms with E-state index in [0.29, 0.717) is 6.42 Å². The van der Waals surface area contributed by atoms with Crippen molar-refractivity contribution in [3.05, 3.63) is 52.3 Å². The van der Waals surface area contributed by atoms with Crippen LogP contribution in [0.25, 0.3) is 0 Å². The van der Waals surface area contributed by atoms with E-state index in [2.05, 4.69) is 10.4 Å². The number of hydrogen-bond donors (Lipinski definition) is 1. The van der Waals surface area contributed by atoms with Crippen LogP contribution in [-0.4, -0.2) is 22.2 Å². The highest BCUT2D eigenvalue weighted by Crippen LogP contribution is 2.30. The summed E-state index contributed by atoms with van der Waals surface area (Å²) in [4.78, 5) is 12.0. The van der Waals surface area contributed by atoms with Crippen molar-refractivity contribution in [2.24, 2.45) is 7.05 Å². The summed E-state index contributed by atoms with van der Waals surface area (Å²) in [5.41, 5.74) is 1.67. The lowest BCUT2D eigenvalue weighted by molar-refractivity contribution is -0.141. The highest BCUT2D eigenvalue weighted by atomic mass is 19.4. The topological polar surface area (TPSA) is 46.9 Å². The molecule has 0 unspecified atom stereocenters. The molecule has 0 fully saturated rings. The van der Waals surface area contributed by atoms with E-state index in [9.17, 15) is 18.0 Å². The van der Waals surface area contributed by atoms with Gasteiger partial charge in [0, 0.05) is 19.8 Å². The summed E-state index contributed by atoms with van der Waals surface area (Å²) >= 11 is 0. The molecule has 7 heteroatoms. The van der Waals surface area contributed by atoms with Crippen molar-refractivity contribution < 1.29 is 18.0 Å². The van der Waals surface area contributed by atoms with E-state index in [1.165, 1.54) is 7.05 Å². The first-order valence-corrected chi connectivity index (χ1v) is 7.13. The van der Waals surface area contributed by atoms with Gasteiger partial charge >= 0.3 is 6.18 Å². The highest BCUT2D eigenvalue weighted by Gasteiger charge is 2.38. The Bertz CT molecular complexity index is 720. The molecule has 0 spiro atoms. The van der Waals surface area contributed by atoms with Crippen molar-refractivity contribution in [2.75, 3.05) is 6.54 Å². The van der Waals surface area contributed by atoms with Gasteiger partial charge in [0.05, 0.1) is 5.56 Å². The lowest BCUT2D eigenvalue weighted by Gasteiger charge is -2.09. The van der Waals surface area contributed by atoms with Gasteiger partial charge in [-0.05, 0) is 31.4 Å². The Morgan fingerprint density at radius 3 is 2.61 bits per heavy atom. The highest BCUT2D eigenvalue weighted by molar-refractivity contribution is 5.95. The molecule has 1 N–H and O–H groups in total. The molecule has 1 aromatic carbocycles. The van der Waals surface area contributed by atoms with Crippen molar-refractivity contribution >= 4 is 5.91 Å². The Kier molecular flexibility index (Phi) is 4.77. The number of halogens is 3. The van der Waals surface area contributed by atoms with Crippen LogP contribution in [0.1, 0.15) is 32.7 Å². The van der Waals surface area contributed by atoms with Gasteiger partial charge in [-0.2, -0.15) is 18.3 Å². The zero-order valence-corrected chi connectivity index (χ0v) is 13.2. The van der Waals surface area contributed by atoms with E-state index >= 15 is 0 Å². The minimum Gasteiger partial charge on any atom is -0.352 e. The number of carbonyl (C=O) groups excluding carboxylic acids is 1. The number of aromatic nitrogens is 2. The molecular formula is C16H18F3N3O. The van der Waals surface area contributed by atoms with Crippen LogP contribution < -0.4 is 5.32 Å². The molecule has 0 aliphatic heterocycles. The molecule has 0 saturated carbocycles. The third-order valence-electron chi connectivity index (χ3n) is 3.52. The maximum Gasteiger partial charge on any atom is 0.435 e. The molecule has 0 aliphatic carbocycles. The fraction of sp³-hybridized carbons (Fsp3) is 0.375. The van der Waals surface area contributed by atoms with Crippen LogP contribution in [0.2, 0.25) is 0 Å². The van der Waals surface area contributed by atoms with Gasteiger partial charge < -0.3 is 5.32 Å². The monoisotopic (exact) mass is 325 g/mol. The first-order chi connectivity index (χ1) is 10.7. The summed E-state index contributed by atoms with van der Waals surface area (Å²) in [5.74, 6) is -0.768. The van der Waals surface area contributed by atoms with Crippen LogP contribution in [0.5, 0.6) is 0 Å². The SMILES string of the molecule is Cc1ccc(CCNC(=O)c2cn(C)nc2C(F)(F)F)c(C)c1. The zero-order chi connectivity index (χ0) is 17.2. The largest absolute Gasteiger partial charge is 0.435 e. The van der Waals surface area contributed by atoms with Crippen LogP contribution >= 0.6 is 0 Å². The molecule has 1 aromatic heterocycles. The van der Waals surface area contributed by atoms with Crippen molar-refractivity contribution in [3.8, 4) is 0 Å². The molecule has 0 bridgehead atoms. The minimum absolute atomic E-state index is 0.259. The molecule has 1 amide bonds. The Morgan fingerprint density at radius 1 is 1.30 bits per heavy atom. The fourth-order valence-electron chi connectivity index (χ4n) is 2.40. The molecule has 0 atom stereocenters. The molecule has 2 rings (SSSR count). The minimum atomic E-state index is -4.65. The molecule has 2 aromatic rings. The van der Waals surface area contributed by atoms with E-state index in [-0.39, 0.29) is 6.54 Å². The van der Waals surface area contributed by atoms with Crippen LogP contribution in [0.15, 0.2) is 24.4 Å². The smallest absolute Gasteiger partial charge is 0.352 e. The van der Waals surface area contributed by atoms with E-state index in [0.717, 1.165) is 27.6 Å². The molecule has 0 aliphatic rings. The summed E-state index contributed by atoms with van der Waals surface area (Å²) in [7, 11) is 1.35.